The molecule has 1 atom stereocenters. The average molecular weight is 481 g/mol. The first kappa shape index (κ1) is 26.3. The Balaban J connectivity index is 2.52. The first-order chi connectivity index (χ1) is 15.1. The van der Waals surface area contributed by atoms with Crippen LogP contribution in [-0.4, -0.2) is 41.2 Å². The number of hydrogen-bond donors (Lipinski definition) is 3. The minimum Gasteiger partial charge on any atom is -0.476 e. The number of carbonyl (C=O) groups is 2. The van der Waals surface area contributed by atoms with Gasteiger partial charge < -0.3 is 15.2 Å². The van der Waals surface area contributed by atoms with E-state index in [-0.39, 0.29) is 51.6 Å². The molecule has 0 spiro atoms. The van der Waals surface area contributed by atoms with Gasteiger partial charge in [-0.25, -0.2) is 22.6 Å². The number of carboxylic acids is 1. The molecule has 10 nitrogen and oxygen atoms in total. The third-order valence-electron chi connectivity index (χ3n) is 4.81. The van der Waals surface area contributed by atoms with Gasteiger partial charge in [-0.3, -0.25) is 4.79 Å². The van der Waals surface area contributed by atoms with Gasteiger partial charge in [0.1, 0.15) is 10.6 Å². The van der Waals surface area contributed by atoms with E-state index in [2.05, 4.69) is 15.1 Å². The summed E-state index contributed by atoms with van der Waals surface area (Å²) in [6.45, 7) is 10.9. The van der Waals surface area contributed by atoms with Crippen molar-refractivity contribution in [3.63, 3.8) is 0 Å². The molecule has 1 heterocycles. The number of aromatic nitrogens is 2. The zero-order valence-corrected chi connectivity index (χ0v) is 20.8. The van der Waals surface area contributed by atoms with Gasteiger partial charge >= 0.3 is 5.97 Å². The minimum atomic E-state index is -4.02. The van der Waals surface area contributed by atoms with Crippen LogP contribution in [0.4, 0.5) is 5.69 Å². The maximum atomic E-state index is 13.1. The molecule has 1 aromatic carbocycles. The van der Waals surface area contributed by atoms with Crippen molar-refractivity contribution in [1.82, 2.24) is 14.5 Å². The molecule has 33 heavy (non-hydrogen) atoms. The van der Waals surface area contributed by atoms with E-state index in [4.69, 9.17) is 4.74 Å². The van der Waals surface area contributed by atoms with E-state index >= 15 is 0 Å². The summed E-state index contributed by atoms with van der Waals surface area (Å²) < 4.78 is 35.9. The number of ether oxygens (including phenoxy) is 1. The van der Waals surface area contributed by atoms with Gasteiger partial charge in [0.15, 0.2) is 5.69 Å². The molecule has 2 rings (SSSR count). The molecule has 1 unspecified atom stereocenters. The van der Waals surface area contributed by atoms with Crippen molar-refractivity contribution < 1.29 is 27.9 Å². The first-order valence-electron chi connectivity index (χ1n) is 10.6. The topological polar surface area (TPSA) is 140 Å². The fourth-order valence-corrected chi connectivity index (χ4v) is 4.52. The average Bonchev–Trinajstić information content (AvgIpc) is 2.95. The Kier molecular flexibility index (Phi) is 7.91. The van der Waals surface area contributed by atoms with Crippen molar-refractivity contribution in [3.8, 4) is 11.6 Å². The van der Waals surface area contributed by atoms with Gasteiger partial charge in [-0.05, 0) is 43.9 Å². The van der Waals surface area contributed by atoms with Crippen molar-refractivity contribution in [2.24, 2.45) is 12.5 Å². The van der Waals surface area contributed by atoms with Crippen LogP contribution in [0.25, 0.3) is 0 Å². The largest absolute Gasteiger partial charge is 0.476 e. The monoisotopic (exact) mass is 480 g/mol. The summed E-state index contributed by atoms with van der Waals surface area (Å²) in [6, 6.07) is 3.94. The van der Waals surface area contributed by atoms with Crippen molar-refractivity contribution >= 4 is 27.6 Å². The number of nitrogens with one attached hydrogen (secondary N) is 2. The minimum absolute atomic E-state index is 0.0253. The Morgan fingerprint density at radius 1 is 1.27 bits per heavy atom. The summed E-state index contributed by atoms with van der Waals surface area (Å²) in [4.78, 5) is 23.6. The Bertz CT molecular complexity index is 1150. The highest BCUT2D eigenvalue weighted by atomic mass is 32.2. The number of aromatic carboxylic acids is 1. The van der Waals surface area contributed by atoms with E-state index in [1.807, 2.05) is 27.7 Å². The Labute approximate surface area is 194 Å². The fourth-order valence-electron chi connectivity index (χ4n) is 3.04. The van der Waals surface area contributed by atoms with Crippen molar-refractivity contribution in [2.45, 2.75) is 65.3 Å². The lowest BCUT2D eigenvalue weighted by Crippen LogP contribution is -2.32. The van der Waals surface area contributed by atoms with Crippen LogP contribution in [0.3, 0.4) is 0 Å². The second-order valence-corrected chi connectivity index (χ2v) is 10.9. The van der Waals surface area contributed by atoms with Crippen LogP contribution < -0.4 is 14.8 Å². The van der Waals surface area contributed by atoms with Crippen LogP contribution in [0.15, 0.2) is 23.1 Å². The number of carboxylic acid groups (broad SMARTS) is 1. The molecule has 0 saturated heterocycles. The van der Waals surface area contributed by atoms with Gasteiger partial charge in [0.25, 0.3) is 0 Å². The predicted molar refractivity (Wildman–Crippen MR) is 124 cm³/mol. The second-order valence-electron chi connectivity index (χ2n) is 9.19. The van der Waals surface area contributed by atoms with Gasteiger partial charge in [0, 0.05) is 30.8 Å². The highest BCUT2D eigenvalue weighted by Crippen LogP contribution is 2.34. The summed E-state index contributed by atoms with van der Waals surface area (Å²) in [5.74, 6) is -1.40. The Hall–Kier alpha value is -2.92. The number of sulfonamides is 1. The lowest BCUT2D eigenvalue weighted by atomic mass is 9.92. The maximum Gasteiger partial charge on any atom is 0.356 e. The number of amides is 1. The number of carbonyl (C=O) groups excluding carboxylic acids is 1. The SMILES string of the molecule is CCC(C)NS(=O)(=O)c1cc(NC(=O)CC(C)(C)C)ccc1Oc1c(C)c(C(=O)O)nn1C. The maximum absolute atomic E-state index is 13.1. The zero-order chi connectivity index (χ0) is 25.1. The zero-order valence-electron chi connectivity index (χ0n) is 20.0. The summed E-state index contributed by atoms with van der Waals surface area (Å²) in [5, 5.41) is 16.0. The molecule has 3 N–H and O–H groups in total. The van der Waals surface area contributed by atoms with Crippen LogP contribution in [0.2, 0.25) is 0 Å². The number of rotatable bonds is 9. The van der Waals surface area contributed by atoms with Crippen LogP contribution in [0, 0.1) is 12.3 Å². The highest BCUT2D eigenvalue weighted by Gasteiger charge is 2.26. The van der Waals surface area contributed by atoms with Crippen molar-refractivity contribution in [3.05, 3.63) is 29.5 Å². The normalized spacial score (nSPS) is 12.9. The number of anilines is 1. The summed E-state index contributed by atoms with van der Waals surface area (Å²) in [7, 11) is -2.52. The van der Waals surface area contributed by atoms with Crippen LogP contribution in [-0.2, 0) is 21.9 Å². The van der Waals surface area contributed by atoms with E-state index in [1.165, 1.54) is 36.9 Å². The van der Waals surface area contributed by atoms with Gasteiger partial charge in [0.05, 0.1) is 0 Å². The van der Waals surface area contributed by atoms with Gasteiger partial charge in [0.2, 0.25) is 21.8 Å². The summed E-state index contributed by atoms with van der Waals surface area (Å²) >= 11 is 0. The molecular formula is C22H32N4O6S. The van der Waals surface area contributed by atoms with Gasteiger partial charge in [-0.1, -0.05) is 27.7 Å². The molecule has 1 amide bonds. The summed E-state index contributed by atoms with van der Waals surface area (Å²) in [6.07, 6.45) is 0.824. The first-order valence-corrected chi connectivity index (χ1v) is 12.0. The number of hydrogen-bond acceptors (Lipinski definition) is 6. The molecule has 0 aliphatic heterocycles. The van der Waals surface area contributed by atoms with E-state index in [1.54, 1.807) is 6.92 Å². The Morgan fingerprint density at radius 3 is 2.42 bits per heavy atom. The fraction of sp³-hybridized carbons (Fsp3) is 0.500. The molecule has 0 radical (unpaired) electrons. The molecule has 0 aliphatic rings. The molecule has 182 valence electrons. The van der Waals surface area contributed by atoms with Gasteiger partial charge in [-0.15, -0.1) is 0 Å². The number of aryl methyl sites for hydroxylation is 1. The highest BCUT2D eigenvalue weighted by molar-refractivity contribution is 7.89. The Morgan fingerprint density at radius 2 is 1.91 bits per heavy atom. The lowest BCUT2D eigenvalue weighted by molar-refractivity contribution is -0.117. The number of nitrogens with zero attached hydrogens (tertiary/aromatic N) is 2. The van der Waals surface area contributed by atoms with Crippen LogP contribution in [0.1, 0.15) is 63.5 Å². The molecular weight excluding hydrogens is 448 g/mol. The van der Waals surface area contributed by atoms with E-state index in [0.717, 1.165) is 0 Å². The predicted octanol–water partition coefficient (Wildman–Crippen LogP) is 3.67. The van der Waals surface area contributed by atoms with Crippen molar-refractivity contribution in [2.75, 3.05) is 5.32 Å². The van der Waals surface area contributed by atoms with E-state index < -0.39 is 16.0 Å². The van der Waals surface area contributed by atoms with Gasteiger partial charge in [-0.2, -0.15) is 5.10 Å². The second kappa shape index (κ2) is 9.92. The number of benzene rings is 1. The summed E-state index contributed by atoms with van der Waals surface area (Å²) in [5.41, 5.74) is 0.125. The van der Waals surface area contributed by atoms with E-state index in [0.29, 0.717) is 12.1 Å². The molecule has 0 fully saturated rings. The standard InChI is InChI=1S/C22H32N4O6S/c1-8-13(2)25-33(30,31)17-11-15(23-18(27)12-22(4,5)6)9-10-16(17)32-20-14(3)19(21(28)29)24-26(20)7/h9-11,13,25H,8,12H2,1-7H3,(H,23,27)(H,28,29). The smallest absolute Gasteiger partial charge is 0.356 e. The van der Waals surface area contributed by atoms with Crippen LogP contribution in [0.5, 0.6) is 11.6 Å². The molecule has 11 heteroatoms. The molecule has 0 bridgehead atoms. The van der Waals surface area contributed by atoms with Crippen molar-refractivity contribution in [1.29, 1.82) is 0 Å². The third-order valence-corrected chi connectivity index (χ3v) is 6.42. The quantitative estimate of drug-likeness (QED) is 0.497. The molecule has 2 aromatic rings. The lowest BCUT2D eigenvalue weighted by Gasteiger charge is -2.19. The van der Waals surface area contributed by atoms with Crippen LogP contribution >= 0.6 is 0 Å². The third kappa shape index (κ3) is 6.78. The molecule has 0 saturated carbocycles. The molecule has 1 aromatic heterocycles. The molecule has 0 aliphatic carbocycles. The van der Waals surface area contributed by atoms with E-state index in [9.17, 15) is 23.1 Å².